The Morgan fingerprint density at radius 3 is 2.96 bits per heavy atom. The zero-order valence-corrected chi connectivity index (χ0v) is 14.4. The van der Waals surface area contributed by atoms with Crippen molar-refractivity contribution >= 4 is 29.3 Å². The largest absolute Gasteiger partial charge is 0.337 e. The Morgan fingerprint density at radius 1 is 1.38 bits per heavy atom. The minimum absolute atomic E-state index is 0.100. The number of aryl methyl sites for hydroxylation is 1. The molecule has 1 atom stereocenters. The van der Waals surface area contributed by atoms with Crippen molar-refractivity contribution < 1.29 is 9.59 Å². The lowest BCUT2D eigenvalue weighted by atomic mass is 10.00. The van der Waals surface area contributed by atoms with Gasteiger partial charge in [-0.1, -0.05) is 18.2 Å². The van der Waals surface area contributed by atoms with Crippen LogP contribution >= 0.6 is 11.8 Å². The maximum atomic E-state index is 12.2. The SMILES string of the molecule is N#C[C@]1(NC(=O)CCCN2C(=O)CCc3ccccc32)CCSC1. The number of fused-ring (bicyclic) bond motifs is 1. The maximum Gasteiger partial charge on any atom is 0.227 e. The predicted octanol–water partition coefficient (Wildman–Crippen LogP) is 2.26. The lowest BCUT2D eigenvalue weighted by molar-refractivity contribution is -0.123. The number of carbonyl (C=O) groups is 2. The Hall–Kier alpha value is -2.00. The van der Waals surface area contributed by atoms with Crippen molar-refractivity contribution in [1.82, 2.24) is 5.32 Å². The normalized spacial score (nSPS) is 22.8. The van der Waals surface area contributed by atoms with Crippen LogP contribution in [0.5, 0.6) is 0 Å². The highest BCUT2D eigenvalue weighted by Crippen LogP contribution is 2.28. The number of benzene rings is 1. The molecule has 0 aliphatic carbocycles. The topological polar surface area (TPSA) is 73.2 Å². The van der Waals surface area contributed by atoms with Crippen molar-refractivity contribution in [2.75, 3.05) is 23.0 Å². The number of nitrogens with zero attached hydrogens (tertiary/aromatic N) is 2. The van der Waals surface area contributed by atoms with Crippen LogP contribution < -0.4 is 10.2 Å². The van der Waals surface area contributed by atoms with Gasteiger partial charge in [0.25, 0.3) is 0 Å². The summed E-state index contributed by atoms with van der Waals surface area (Å²) in [6, 6.07) is 10.2. The van der Waals surface area contributed by atoms with E-state index in [1.54, 1.807) is 16.7 Å². The molecular weight excluding hydrogens is 322 g/mol. The van der Waals surface area contributed by atoms with Gasteiger partial charge >= 0.3 is 0 Å². The van der Waals surface area contributed by atoms with Gasteiger partial charge in [-0.2, -0.15) is 17.0 Å². The second-order valence-electron chi connectivity index (χ2n) is 6.32. The molecule has 0 saturated carbocycles. The molecule has 0 aromatic heterocycles. The van der Waals surface area contributed by atoms with Crippen molar-refractivity contribution in [2.45, 2.75) is 37.6 Å². The highest BCUT2D eigenvalue weighted by atomic mass is 32.2. The molecule has 3 rings (SSSR count). The molecule has 1 aromatic carbocycles. The summed E-state index contributed by atoms with van der Waals surface area (Å²) in [4.78, 5) is 26.1. The minimum Gasteiger partial charge on any atom is -0.337 e. The molecule has 1 saturated heterocycles. The Labute approximate surface area is 146 Å². The first-order valence-electron chi connectivity index (χ1n) is 8.32. The van der Waals surface area contributed by atoms with Crippen LogP contribution in [-0.2, 0) is 16.0 Å². The Balaban J connectivity index is 1.54. The lowest BCUT2D eigenvalue weighted by Crippen LogP contribution is -2.47. The van der Waals surface area contributed by atoms with E-state index in [-0.39, 0.29) is 11.8 Å². The average Bonchev–Trinajstić information content (AvgIpc) is 3.06. The molecular formula is C18H21N3O2S. The van der Waals surface area contributed by atoms with E-state index in [9.17, 15) is 14.9 Å². The van der Waals surface area contributed by atoms with E-state index < -0.39 is 5.54 Å². The van der Waals surface area contributed by atoms with Crippen LogP contribution in [0, 0.1) is 11.3 Å². The molecule has 0 bridgehead atoms. The highest BCUT2D eigenvalue weighted by molar-refractivity contribution is 7.99. The molecule has 2 aliphatic heterocycles. The molecule has 0 unspecified atom stereocenters. The number of thioether (sulfide) groups is 1. The average molecular weight is 343 g/mol. The zero-order chi connectivity index (χ0) is 17.0. The quantitative estimate of drug-likeness (QED) is 0.890. The summed E-state index contributed by atoms with van der Waals surface area (Å²) in [5.74, 6) is 1.59. The third kappa shape index (κ3) is 3.57. The van der Waals surface area contributed by atoms with Crippen molar-refractivity contribution in [3.63, 3.8) is 0 Å². The van der Waals surface area contributed by atoms with Gasteiger partial charge in [0.15, 0.2) is 0 Å². The molecule has 1 N–H and O–H groups in total. The van der Waals surface area contributed by atoms with E-state index in [1.807, 2.05) is 18.2 Å². The van der Waals surface area contributed by atoms with Crippen molar-refractivity contribution in [3.8, 4) is 6.07 Å². The number of nitriles is 1. The summed E-state index contributed by atoms with van der Waals surface area (Å²) < 4.78 is 0. The summed E-state index contributed by atoms with van der Waals surface area (Å²) in [5, 5.41) is 12.2. The number of nitrogens with one attached hydrogen (secondary N) is 1. The molecule has 1 aromatic rings. The summed E-state index contributed by atoms with van der Waals surface area (Å²) in [6.45, 7) is 0.539. The Bertz CT molecular complexity index is 677. The predicted molar refractivity (Wildman–Crippen MR) is 94.8 cm³/mol. The van der Waals surface area contributed by atoms with Gasteiger partial charge in [-0.15, -0.1) is 0 Å². The van der Waals surface area contributed by atoms with Crippen LogP contribution in [-0.4, -0.2) is 35.4 Å². The molecule has 2 heterocycles. The van der Waals surface area contributed by atoms with Crippen molar-refractivity contribution in [1.29, 1.82) is 5.26 Å². The van der Waals surface area contributed by atoms with Gasteiger partial charge in [-0.05, 0) is 36.6 Å². The fraction of sp³-hybridized carbons (Fsp3) is 0.500. The standard InChI is InChI=1S/C18H21N3O2S/c19-12-18(9-11-24-13-18)20-16(22)6-3-10-21-15-5-2-1-4-14(15)7-8-17(21)23/h1-2,4-5H,3,6-11,13H2,(H,20,22)/t18-/m1/s1. The summed E-state index contributed by atoms with van der Waals surface area (Å²) in [6.07, 6.45) is 2.95. The number of hydrogen-bond donors (Lipinski definition) is 1. The molecule has 0 radical (unpaired) electrons. The molecule has 5 nitrogen and oxygen atoms in total. The fourth-order valence-corrected chi connectivity index (χ4v) is 4.52. The molecule has 6 heteroatoms. The number of hydrogen-bond acceptors (Lipinski definition) is 4. The van der Waals surface area contributed by atoms with Gasteiger partial charge in [0.05, 0.1) is 6.07 Å². The smallest absolute Gasteiger partial charge is 0.227 e. The maximum absolute atomic E-state index is 12.2. The molecule has 2 amide bonds. The van der Waals surface area contributed by atoms with Crippen LogP contribution in [0.2, 0.25) is 0 Å². The molecule has 24 heavy (non-hydrogen) atoms. The second-order valence-corrected chi connectivity index (χ2v) is 7.43. The highest BCUT2D eigenvalue weighted by Gasteiger charge is 2.35. The third-order valence-corrected chi connectivity index (χ3v) is 5.78. The number of amides is 2. The Morgan fingerprint density at radius 2 is 2.21 bits per heavy atom. The van der Waals surface area contributed by atoms with Crippen LogP contribution in [0.15, 0.2) is 24.3 Å². The first-order chi connectivity index (χ1) is 11.6. The van der Waals surface area contributed by atoms with Gasteiger partial charge in [-0.3, -0.25) is 9.59 Å². The molecule has 126 valence electrons. The first-order valence-corrected chi connectivity index (χ1v) is 9.47. The van der Waals surface area contributed by atoms with Crippen LogP contribution in [0.1, 0.15) is 31.2 Å². The second kappa shape index (κ2) is 7.27. The number of carbonyl (C=O) groups excluding carboxylic acids is 2. The van der Waals surface area contributed by atoms with E-state index in [0.717, 1.165) is 17.9 Å². The zero-order valence-electron chi connectivity index (χ0n) is 13.6. The van der Waals surface area contributed by atoms with Crippen LogP contribution in [0.3, 0.4) is 0 Å². The molecule has 0 spiro atoms. The monoisotopic (exact) mass is 343 g/mol. The summed E-state index contributed by atoms with van der Waals surface area (Å²) in [7, 11) is 0. The number of anilines is 1. The van der Waals surface area contributed by atoms with Gasteiger partial charge in [0.1, 0.15) is 5.54 Å². The van der Waals surface area contributed by atoms with E-state index >= 15 is 0 Å². The fourth-order valence-electron chi connectivity index (χ4n) is 3.25. The van der Waals surface area contributed by atoms with Gasteiger partial charge < -0.3 is 10.2 Å². The first kappa shape index (κ1) is 16.8. The number of para-hydroxylation sites is 1. The summed E-state index contributed by atoms with van der Waals surface area (Å²) >= 11 is 1.70. The van der Waals surface area contributed by atoms with Gasteiger partial charge in [0, 0.05) is 30.8 Å². The van der Waals surface area contributed by atoms with E-state index in [1.165, 1.54) is 5.56 Å². The van der Waals surface area contributed by atoms with Gasteiger partial charge in [-0.25, -0.2) is 0 Å². The minimum atomic E-state index is -0.699. The van der Waals surface area contributed by atoms with Crippen LogP contribution in [0.25, 0.3) is 0 Å². The Kier molecular flexibility index (Phi) is 5.10. The molecule has 1 fully saturated rings. The van der Waals surface area contributed by atoms with Crippen molar-refractivity contribution in [3.05, 3.63) is 29.8 Å². The van der Waals surface area contributed by atoms with E-state index in [4.69, 9.17) is 0 Å². The lowest BCUT2D eigenvalue weighted by Gasteiger charge is -2.29. The number of rotatable bonds is 5. The van der Waals surface area contributed by atoms with E-state index in [0.29, 0.717) is 38.0 Å². The molecule has 2 aliphatic rings. The van der Waals surface area contributed by atoms with Gasteiger partial charge in [0.2, 0.25) is 11.8 Å². The van der Waals surface area contributed by atoms with E-state index in [2.05, 4.69) is 17.5 Å². The third-order valence-electron chi connectivity index (χ3n) is 4.59. The van der Waals surface area contributed by atoms with Crippen molar-refractivity contribution in [2.24, 2.45) is 0 Å². The summed E-state index contributed by atoms with van der Waals surface area (Å²) in [5.41, 5.74) is 1.46. The van der Waals surface area contributed by atoms with Crippen LogP contribution in [0.4, 0.5) is 5.69 Å².